The maximum atomic E-state index is 6.58. The van der Waals surface area contributed by atoms with Crippen LogP contribution in [0.2, 0.25) is 0 Å². The minimum atomic E-state index is 0.773. The van der Waals surface area contributed by atoms with Gasteiger partial charge in [-0.1, -0.05) is 140 Å². The highest BCUT2D eigenvalue weighted by Gasteiger charge is 2.22. The highest BCUT2D eigenvalue weighted by Crippen LogP contribution is 2.46. The zero-order chi connectivity index (χ0) is 34.4. The zero-order valence-electron chi connectivity index (χ0n) is 28.3. The van der Waals surface area contributed by atoms with Gasteiger partial charge in [-0.05, 0) is 98.1 Å². The van der Waals surface area contributed by atoms with E-state index in [9.17, 15) is 0 Å². The Morgan fingerprint density at radius 1 is 0.423 bits per heavy atom. The summed E-state index contributed by atoms with van der Waals surface area (Å²) in [5.41, 5.74) is 12.7. The molecule has 0 saturated carbocycles. The molecular weight excluding hydrogens is 633 g/mol. The van der Waals surface area contributed by atoms with E-state index in [1.807, 2.05) is 18.3 Å². The molecule has 0 N–H and O–H groups in total. The second-order valence-electron chi connectivity index (χ2n) is 13.2. The molecule has 52 heavy (non-hydrogen) atoms. The molecule has 2 heterocycles. The highest BCUT2D eigenvalue weighted by atomic mass is 16.3. The fraction of sp³-hybridized carbons (Fsp3) is 0. The van der Waals surface area contributed by atoms with Crippen molar-refractivity contribution in [3.63, 3.8) is 0 Å². The zero-order valence-corrected chi connectivity index (χ0v) is 28.3. The van der Waals surface area contributed by atoms with E-state index in [4.69, 9.17) is 9.40 Å². The lowest BCUT2D eigenvalue weighted by Crippen LogP contribution is -2.10. The Morgan fingerprint density at radius 3 is 1.79 bits per heavy atom. The van der Waals surface area contributed by atoms with Crippen molar-refractivity contribution in [1.29, 1.82) is 0 Å². The highest BCUT2D eigenvalue weighted by molar-refractivity contribution is 6.20. The lowest BCUT2D eigenvalue weighted by molar-refractivity contribution is 0.672. The van der Waals surface area contributed by atoms with E-state index in [2.05, 4.69) is 181 Å². The molecule has 0 aliphatic carbocycles. The van der Waals surface area contributed by atoms with Gasteiger partial charge in [0.25, 0.3) is 0 Å². The second kappa shape index (κ2) is 12.4. The maximum Gasteiger partial charge on any atom is 0.153 e. The van der Waals surface area contributed by atoms with Gasteiger partial charge < -0.3 is 9.32 Å². The molecule has 0 aliphatic rings. The quantitative estimate of drug-likeness (QED) is 0.177. The topological polar surface area (TPSA) is 29.3 Å². The summed E-state index contributed by atoms with van der Waals surface area (Å²) in [4.78, 5) is 7.20. The standard InChI is InChI=1S/C49H32N2O/c1-2-11-33(12-3-1)37-16-8-17-38(31-37)34-22-26-40(27-23-34)51(41-28-24-36(25-29-41)43-20-9-15-35-13-4-6-18-42(35)43)45-32-39-14-5-7-19-44(39)49-47(45)48-46(52-49)21-10-30-50-48/h1-32H. The third-order valence-electron chi connectivity index (χ3n) is 10.1. The fourth-order valence-corrected chi connectivity index (χ4v) is 7.59. The van der Waals surface area contributed by atoms with Crippen molar-refractivity contribution in [2.75, 3.05) is 4.90 Å². The van der Waals surface area contributed by atoms with Crippen molar-refractivity contribution in [2.24, 2.45) is 0 Å². The normalized spacial score (nSPS) is 11.5. The van der Waals surface area contributed by atoms with Crippen molar-refractivity contribution in [2.45, 2.75) is 0 Å². The molecule has 0 amide bonds. The van der Waals surface area contributed by atoms with Crippen LogP contribution in [0.25, 0.3) is 77.0 Å². The molecule has 3 heteroatoms. The van der Waals surface area contributed by atoms with Gasteiger partial charge >= 0.3 is 0 Å². The smallest absolute Gasteiger partial charge is 0.153 e. The van der Waals surface area contributed by atoms with Crippen LogP contribution >= 0.6 is 0 Å². The summed E-state index contributed by atoms with van der Waals surface area (Å²) < 4.78 is 6.58. The van der Waals surface area contributed by atoms with E-state index >= 15 is 0 Å². The summed E-state index contributed by atoms with van der Waals surface area (Å²) in [6.45, 7) is 0. The van der Waals surface area contributed by atoms with Gasteiger partial charge in [-0.15, -0.1) is 0 Å². The molecule has 244 valence electrons. The number of hydrogen-bond acceptors (Lipinski definition) is 3. The summed E-state index contributed by atoms with van der Waals surface area (Å²) in [6.07, 6.45) is 1.85. The average molecular weight is 665 g/mol. The number of aromatic nitrogens is 1. The van der Waals surface area contributed by atoms with E-state index in [1.165, 1.54) is 38.6 Å². The Morgan fingerprint density at radius 2 is 1.02 bits per heavy atom. The molecule has 0 atom stereocenters. The second-order valence-corrected chi connectivity index (χ2v) is 13.2. The van der Waals surface area contributed by atoms with Gasteiger partial charge in [0.1, 0.15) is 11.1 Å². The Kier molecular flexibility index (Phi) is 7.14. The fourth-order valence-electron chi connectivity index (χ4n) is 7.59. The molecule has 0 radical (unpaired) electrons. The van der Waals surface area contributed by atoms with Gasteiger partial charge in [0.05, 0.1) is 11.1 Å². The van der Waals surface area contributed by atoms with E-state index in [1.54, 1.807) is 0 Å². The Hall–Kier alpha value is -6.97. The molecule has 0 saturated heterocycles. The molecule has 10 rings (SSSR count). The summed E-state index contributed by atoms with van der Waals surface area (Å²) >= 11 is 0. The SMILES string of the molecule is c1ccc(-c2cccc(-c3ccc(N(c4ccc(-c5cccc6ccccc56)cc4)c4cc5ccccc5c5oc6cccnc6c45)cc3)c2)cc1. The first-order valence-corrected chi connectivity index (χ1v) is 17.6. The summed E-state index contributed by atoms with van der Waals surface area (Å²) in [7, 11) is 0. The molecule has 0 unspecified atom stereocenters. The maximum absolute atomic E-state index is 6.58. The molecule has 2 aromatic heterocycles. The summed E-state index contributed by atoms with van der Waals surface area (Å²) in [5, 5.41) is 5.65. The van der Waals surface area contributed by atoms with Crippen LogP contribution in [-0.4, -0.2) is 4.98 Å². The van der Waals surface area contributed by atoms with E-state index in [0.29, 0.717) is 0 Å². The molecule has 3 nitrogen and oxygen atoms in total. The van der Waals surface area contributed by atoms with E-state index in [0.717, 1.165) is 55.5 Å². The lowest BCUT2D eigenvalue weighted by Gasteiger charge is -2.27. The molecule has 0 spiro atoms. The first kappa shape index (κ1) is 29.9. The third-order valence-corrected chi connectivity index (χ3v) is 10.1. The number of benzene rings is 8. The largest absolute Gasteiger partial charge is 0.454 e. The molecule has 0 fully saturated rings. The van der Waals surface area contributed by atoms with Crippen LogP contribution in [0.5, 0.6) is 0 Å². The number of hydrogen-bond donors (Lipinski definition) is 0. The van der Waals surface area contributed by atoms with E-state index < -0.39 is 0 Å². The van der Waals surface area contributed by atoms with Gasteiger partial charge in [-0.2, -0.15) is 0 Å². The number of nitrogens with zero attached hydrogens (tertiary/aromatic N) is 2. The van der Waals surface area contributed by atoms with Gasteiger partial charge in [0, 0.05) is 23.0 Å². The first-order valence-electron chi connectivity index (χ1n) is 17.6. The van der Waals surface area contributed by atoms with Gasteiger partial charge in [0.15, 0.2) is 5.58 Å². The summed E-state index contributed by atoms with van der Waals surface area (Å²) in [6, 6.07) is 66.8. The molecular formula is C49H32N2O. The van der Waals surface area contributed by atoms with Crippen LogP contribution in [0.15, 0.2) is 199 Å². The van der Waals surface area contributed by atoms with Crippen LogP contribution in [-0.2, 0) is 0 Å². The molecule has 8 aromatic carbocycles. The van der Waals surface area contributed by atoms with Crippen molar-refractivity contribution in [3.8, 4) is 33.4 Å². The Bertz CT molecular complexity index is 2880. The molecule has 0 bridgehead atoms. The van der Waals surface area contributed by atoms with Crippen LogP contribution in [0.1, 0.15) is 0 Å². The summed E-state index contributed by atoms with van der Waals surface area (Å²) in [5.74, 6) is 0. The Balaban J connectivity index is 1.15. The number of furan rings is 1. The predicted octanol–water partition coefficient (Wildman–Crippen LogP) is 13.8. The van der Waals surface area contributed by atoms with Crippen LogP contribution in [0, 0.1) is 0 Å². The number of fused-ring (bicyclic) bond motifs is 6. The van der Waals surface area contributed by atoms with Gasteiger partial charge in [-0.3, -0.25) is 4.98 Å². The van der Waals surface area contributed by atoms with Crippen molar-refractivity contribution in [1.82, 2.24) is 4.98 Å². The van der Waals surface area contributed by atoms with Gasteiger partial charge in [-0.25, -0.2) is 0 Å². The lowest BCUT2D eigenvalue weighted by atomic mass is 9.97. The average Bonchev–Trinajstić information content (AvgIpc) is 3.62. The number of anilines is 3. The Labute approximate surface area is 301 Å². The number of rotatable bonds is 6. The molecule has 10 aromatic rings. The van der Waals surface area contributed by atoms with Crippen LogP contribution < -0.4 is 4.90 Å². The van der Waals surface area contributed by atoms with Crippen molar-refractivity contribution in [3.05, 3.63) is 194 Å². The van der Waals surface area contributed by atoms with Gasteiger partial charge in [0.2, 0.25) is 0 Å². The minimum absolute atomic E-state index is 0.773. The minimum Gasteiger partial charge on any atom is -0.454 e. The van der Waals surface area contributed by atoms with Crippen LogP contribution in [0.3, 0.4) is 0 Å². The van der Waals surface area contributed by atoms with Crippen molar-refractivity contribution >= 4 is 60.7 Å². The third kappa shape index (κ3) is 5.10. The first-order chi connectivity index (χ1) is 25.8. The number of pyridine rings is 1. The monoisotopic (exact) mass is 664 g/mol. The van der Waals surface area contributed by atoms with Crippen LogP contribution in [0.4, 0.5) is 17.1 Å². The predicted molar refractivity (Wildman–Crippen MR) is 218 cm³/mol. The molecule has 0 aliphatic heterocycles. The van der Waals surface area contributed by atoms with Crippen molar-refractivity contribution < 1.29 is 4.42 Å². The van der Waals surface area contributed by atoms with E-state index in [-0.39, 0.29) is 0 Å².